The third kappa shape index (κ3) is 1.94. The molecule has 1 heterocycles. The molecule has 1 spiro atoms. The number of rotatable bonds is 2. The highest BCUT2D eigenvalue weighted by Crippen LogP contribution is 2.46. The molecule has 2 heteroatoms. The minimum Gasteiger partial charge on any atom is -0.315 e. The second kappa shape index (κ2) is 3.43. The number of hydrogen-bond acceptors (Lipinski definition) is 2. The summed E-state index contributed by atoms with van der Waals surface area (Å²) < 4.78 is 0. The summed E-state index contributed by atoms with van der Waals surface area (Å²) in [4.78, 5) is 2.56. The van der Waals surface area contributed by atoms with Gasteiger partial charge in [-0.15, -0.1) is 6.58 Å². The highest BCUT2D eigenvalue weighted by atomic mass is 15.2. The average Bonchev–Trinajstić information content (AvgIpc) is 2.85. The van der Waals surface area contributed by atoms with Crippen LogP contribution in [-0.4, -0.2) is 37.1 Å². The zero-order chi connectivity index (χ0) is 9.31. The molecule has 0 radical (unpaired) electrons. The lowest BCUT2D eigenvalue weighted by atomic mass is 10.1. The SMILES string of the molecule is C=CCN1CC2(CC2)CNCC1C. The third-order valence-corrected chi connectivity index (χ3v) is 3.42. The van der Waals surface area contributed by atoms with Crippen molar-refractivity contribution in [2.45, 2.75) is 25.8 Å². The van der Waals surface area contributed by atoms with Gasteiger partial charge >= 0.3 is 0 Å². The van der Waals surface area contributed by atoms with Crippen molar-refractivity contribution in [2.75, 3.05) is 26.2 Å². The van der Waals surface area contributed by atoms with E-state index < -0.39 is 0 Å². The van der Waals surface area contributed by atoms with Crippen molar-refractivity contribution in [3.8, 4) is 0 Å². The lowest BCUT2D eigenvalue weighted by molar-refractivity contribution is 0.214. The van der Waals surface area contributed by atoms with E-state index in [2.05, 4.69) is 23.7 Å². The molecule has 0 bridgehead atoms. The molecule has 2 rings (SSSR count). The summed E-state index contributed by atoms with van der Waals surface area (Å²) in [6.07, 6.45) is 4.86. The van der Waals surface area contributed by atoms with E-state index >= 15 is 0 Å². The molecule has 0 aromatic heterocycles. The van der Waals surface area contributed by atoms with Crippen LogP contribution < -0.4 is 5.32 Å². The third-order valence-electron chi connectivity index (χ3n) is 3.42. The Kier molecular flexibility index (Phi) is 2.43. The molecule has 2 aliphatic rings. The van der Waals surface area contributed by atoms with Crippen LogP contribution in [0, 0.1) is 5.41 Å². The Morgan fingerprint density at radius 3 is 3.00 bits per heavy atom. The first-order chi connectivity index (χ1) is 6.26. The summed E-state index contributed by atoms with van der Waals surface area (Å²) in [5, 5.41) is 3.56. The first-order valence-corrected chi connectivity index (χ1v) is 5.31. The van der Waals surface area contributed by atoms with Crippen molar-refractivity contribution < 1.29 is 0 Å². The minimum absolute atomic E-state index is 0.633. The van der Waals surface area contributed by atoms with Crippen molar-refractivity contribution in [3.05, 3.63) is 12.7 Å². The van der Waals surface area contributed by atoms with Crippen molar-refractivity contribution >= 4 is 0 Å². The fourth-order valence-electron chi connectivity index (χ4n) is 2.24. The Morgan fingerprint density at radius 1 is 1.62 bits per heavy atom. The molecular formula is C11H20N2. The van der Waals surface area contributed by atoms with Gasteiger partial charge in [0, 0.05) is 32.2 Å². The van der Waals surface area contributed by atoms with Crippen LogP contribution >= 0.6 is 0 Å². The minimum atomic E-state index is 0.633. The summed E-state index contributed by atoms with van der Waals surface area (Å²) in [5.74, 6) is 0. The standard InChI is InChI=1S/C11H20N2/c1-3-6-13-9-11(4-5-11)8-12-7-10(13)2/h3,10,12H,1,4-9H2,2H3. The quantitative estimate of drug-likeness (QED) is 0.643. The second-order valence-electron chi connectivity index (χ2n) is 4.70. The van der Waals surface area contributed by atoms with Gasteiger partial charge in [0.25, 0.3) is 0 Å². The smallest absolute Gasteiger partial charge is 0.0195 e. The molecule has 0 aromatic rings. The molecule has 1 aliphatic carbocycles. The molecule has 13 heavy (non-hydrogen) atoms. The van der Waals surface area contributed by atoms with Gasteiger partial charge in [-0.2, -0.15) is 0 Å². The first kappa shape index (κ1) is 9.22. The van der Waals surface area contributed by atoms with Crippen LogP contribution in [0.5, 0.6) is 0 Å². The fourth-order valence-corrected chi connectivity index (χ4v) is 2.24. The zero-order valence-electron chi connectivity index (χ0n) is 8.55. The van der Waals surface area contributed by atoms with E-state index in [4.69, 9.17) is 0 Å². The molecule has 1 N–H and O–H groups in total. The molecule has 2 nitrogen and oxygen atoms in total. The maximum atomic E-state index is 3.83. The fraction of sp³-hybridized carbons (Fsp3) is 0.818. The number of hydrogen-bond donors (Lipinski definition) is 1. The Labute approximate surface area is 81.0 Å². The average molecular weight is 180 g/mol. The second-order valence-corrected chi connectivity index (χ2v) is 4.70. The van der Waals surface area contributed by atoms with Gasteiger partial charge in [-0.1, -0.05) is 6.08 Å². The predicted octanol–water partition coefficient (Wildman–Crippen LogP) is 1.25. The Morgan fingerprint density at radius 2 is 2.38 bits per heavy atom. The van der Waals surface area contributed by atoms with E-state index in [1.54, 1.807) is 0 Å². The maximum absolute atomic E-state index is 3.83. The number of nitrogens with one attached hydrogen (secondary N) is 1. The molecule has 1 saturated heterocycles. The van der Waals surface area contributed by atoms with Crippen LogP contribution in [0.2, 0.25) is 0 Å². The van der Waals surface area contributed by atoms with Crippen molar-refractivity contribution in [2.24, 2.45) is 5.41 Å². The summed E-state index contributed by atoms with van der Waals surface area (Å²) in [7, 11) is 0. The molecule has 1 unspecified atom stereocenters. The Bertz CT molecular complexity index is 196. The Hall–Kier alpha value is -0.340. The lowest BCUT2D eigenvalue weighted by Gasteiger charge is -2.27. The molecule has 0 amide bonds. The molecule has 1 atom stereocenters. The molecule has 1 aliphatic heterocycles. The summed E-state index contributed by atoms with van der Waals surface area (Å²) in [6, 6.07) is 0.665. The van der Waals surface area contributed by atoms with Crippen LogP contribution in [0.4, 0.5) is 0 Å². The molecule has 2 fully saturated rings. The molecule has 0 aromatic carbocycles. The van der Waals surface area contributed by atoms with Gasteiger partial charge in [0.1, 0.15) is 0 Å². The summed E-state index contributed by atoms with van der Waals surface area (Å²) >= 11 is 0. The van der Waals surface area contributed by atoms with E-state index in [1.807, 2.05) is 6.08 Å². The van der Waals surface area contributed by atoms with Gasteiger partial charge in [0.2, 0.25) is 0 Å². The van der Waals surface area contributed by atoms with Crippen LogP contribution in [0.25, 0.3) is 0 Å². The van der Waals surface area contributed by atoms with Crippen LogP contribution in [0.1, 0.15) is 19.8 Å². The van der Waals surface area contributed by atoms with Gasteiger partial charge in [-0.3, -0.25) is 4.90 Å². The van der Waals surface area contributed by atoms with E-state index in [9.17, 15) is 0 Å². The van der Waals surface area contributed by atoms with Gasteiger partial charge < -0.3 is 5.32 Å². The largest absolute Gasteiger partial charge is 0.315 e. The van der Waals surface area contributed by atoms with Gasteiger partial charge in [0.05, 0.1) is 0 Å². The number of nitrogens with zero attached hydrogens (tertiary/aromatic N) is 1. The van der Waals surface area contributed by atoms with Gasteiger partial charge in [-0.25, -0.2) is 0 Å². The van der Waals surface area contributed by atoms with Crippen LogP contribution in [-0.2, 0) is 0 Å². The molecular weight excluding hydrogens is 160 g/mol. The van der Waals surface area contributed by atoms with E-state index in [1.165, 1.54) is 25.9 Å². The normalized spacial score (nSPS) is 32.8. The van der Waals surface area contributed by atoms with Crippen LogP contribution in [0.3, 0.4) is 0 Å². The van der Waals surface area contributed by atoms with Gasteiger partial charge in [0.15, 0.2) is 0 Å². The van der Waals surface area contributed by atoms with E-state index in [0.717, 1.165) is 13.1 Å². The Balaban J connectivity index is 2.00. The van der Waals surface area contributed by atoms with Crippen molar-refractivity contribution in [1.82, 2.24) is 10.2 Å². The lowest BCUT2D eigenvalue weighted by Crippen LogP contribution is -2.38. The van der Waals surface area contributed by atoms with E-state index in [0.29, 0.717) is 11.5 Å². The maximum Gasteiger partial charge on any atom is 0.0195 e. The van der Waals surface area contributed by atoms with Gasteiger partial charge in [-0.05, 0) is 25.2 Å². The highest BCUT2D eigenvalue weighted by Gasteiger charge is 2.45. The molecule has 1 saturated carbocycles. The van der Waals surface area contributed by atoms with E-state index in [-0.39, 0.29) is 0 Å². The topological polar surface area (TPSA) is 15.3 Å². The van der Waals surface area contributed by atoms with Crippen molar-refractivity contribution in [1.29, 1.82) is 0 Å². The van der Waals surface area contributed by atoms with Crippen LogP contribution in [0.15, 0.2) is 12.7 Å². The zero-order valence-corrected chi connectivity index (χ0v) is 8.55. The summed E-state index contributed by atoms with van der Waals surface area (Å²) in [6.45, 7) is 10.8. The predicted molar refractivity (Wildman–Crippen MR) is 55.8 cm³/mol. The van der Waals surface area contributed by atoms with Crippen molar-refractivity contribution in [3.63, 3.8) is 0 Å². The first-order valence-electron chi connectivity index (χ1n) is 5.31. The summed E-state index contributed by atoms with van der Waals surface area (Å²) in [5.41, 5.74) is 0.633. The highest BCUT2D eigenvalue weighted by molar-refractivity contribution is 5.00. The monoisotopic (exact) mass is 180 g/mol. The molecule has 74 valence electrons.